The third kappa shape index (κ3) is 3.28. The molecule has 7 heteroatoms. The summed E-state index contributed by atoms with van der Waals surface area (Å²) in [4.78, 5) is 16.3. The highest BCUT2D eigenvalue weighted by Gasteiger charge is 2.19. The number of nitro groups is 1. The average Bonchev–Trinajstić information content (AvgIpc) is 2.27. The zero-order valence-corrected chi connectivity index (χ0v) is 10.2. The predicted molar refractivity (Wildman–Crippen MR) is 66.8 cm³/mol. The zero-order chi connectivity index (χ0) is 13.0. The summed E-state index contributed by atoms with van der Waals surface area (Å²) < 4.78 is 0. The number of hydrogen-bond acceptors (Lipinski definition) is 6. The SMILES string of the molecule is CC(C)CN(C)c1nc(NN)ccc1[N+](=O)[O-]. The van der Waals surface area contributed by atoms with E-state index in [4.69, 9.17) is 5.84 Å². The molecule has 1 aromatic heterocycles. The van der Waals surface area contributed by atoms with E-state index in [1.807, 2.05) is 13.8 Å². The molecule has 1 aromatic rings. The van der Waals surface area contributed by atoms with E-state index in [1.165, 1.54) is 12.1 Å². The summed E-state index contributed by atoms with van der Waals surface area (Å²) in [6.45, 7) is 4.75. The fraction of sp³-hybridized carbons (Fsp3) is 0.500. The molecule has 0 amide bonds. The summed E-state index contributed by atoms with van der Waals surface area (Å²) in [6.07, 6.45) is 0. The van der Waals surface area contributed by atoms with Crippen LogP contribution in [0.2, 0.25) is 0 Å². The Labute approximate surface area is 99.7 Å². The normalized spacial score (nSPS) is 10.4. The van der Waals surface area contributed by atoms with Gasteiger partial charge in [0.25, 0.3) is 0 Å². The number of hydrazine groups is 1. The molecular weight excluding hydrogens is 222 g/mol. The molecule has 0 spiro atoms. The molecule has 0 unspecified atom stereocenters. The van der Waals surface area contributed by atoms with Gasteiger partial charge in [-0.1, -0.05) is 13.8 Å². The average molecular weight is 239 g/mol. The van der Waals surface area contributed by atoms with Crippen LogP contribution >= 0.6 is 0 Å². The lowest BCUT2D eigenvalue weighted by Crippen LogP contribution is -2.25. The first kappa shape index (κ1) is 13.2. The minimum Gasteiger partial charge on any atom is -0.354 e. The van der Waals surface area contributed by atoms with Gasteiger partial charge >= 0.3 is 5.69 Å². The largest absolute Gasteiger partial charge is 0.354 e. The first-order chi connectivity index (χ1) is 7.95. The summed E-state index contributed by atoms with van der Waals surface area (Å²) in [7, 11) is 1.77. The van der Waals surface area contributed by atoms with Crippen LogP contribution in [0.3, 0.4) is 0 Å². The van der Waals surface area contributed by atoms with Gasteiger partial charge in [-0.05, 0) is 12.0 Å². The second kappa shape index (κ2) is 5.44. The Morgan fingerprint density at radius 1 is 1.59 bits per heavy atom. The number of pyridine rings is 1. The minimum atomic E-state index is -0.445. The number of anilines is 2. The molecule has 0 bridgehead atoms. The van der Waals surface area contributed by atoms with Gasteiger partial charge < -0.3 is 10.3 Å². The van der Waals surface area contributed by atoms with E-state index in [2.05, 4.69) is 10.4 Å². The number of nitrogens with one attached hydrogen (secondary N) is 1. The molecule has 7 nitrogen and oxygen atoms in total. The van der Waals surface area contributed by atoms with Crippen molar-refractivity contribution in [3.63, 3.8) is 0 Å². The lowest BCUT2D eigenvalue weighted by molar-refractivity contribution is -0.384. The maximum absolute atomic E-state index is 10.9. The fourth-order valence-corrected chi connectivity index (χ4v) is 1.58. The molecule has 0 fully saturated rings. The topological polar surface area (TPSA) is 97.3 Å². The number of aromatic nitrogens is 1. The molecule has 0 radical (unpaired) electrons. The van der Waals surface area contributed by atoms with Crippen LogP contribution in [0.5, 0.6) is 0 Å². The molecule has 0 saturated heterocycles. The maximum Gasteiger partial charge on any atom is 0.311 e. The van der Waals surface area contributed by atoms with Crippen LogP contribution in [0.15, 0.2) is 12.1 Å². The number of hydrogen-bond donors (Lipinski definition) is 2. The van der Waals surface area contributed by atoms with Gasteiger partial charge in [-0.2, -0.15) is 0 Å². The van der Waals surface area contributed by atoms with E-state index in [1.54, 1.807) is 11.9 Å². The molecule has 0 aliphatic rings. The van der Waals surface area contributed by atoms with Gasteiger partial charge in [0.1, 0.15) is 5.82 Å². The van der Waals surface area contributed by atoms with Gasteiger partial charge in [-0.15, -0.1) is 0 Å². The van der Waals surface area contributed by atoms with Crippen molar-refractivity contribution in [2.24, 2.45) is 11.8 Å². The van der Waals surface area contributed by atoms with Gasteiger partial charge in [0.2, 0.25) is 5.82 Å². The van der Waals surface area contributed by atoms with Crippen molar-refractivity contribution in [2.45, 2.75) is 13.8 Å². The highest BCUT2D eigenvalue weighted by atomic mass is 16.6. The van der Waals surface area contributed by atoms with Crippen molar-refractivity contribution < 1.29 is 4.92 Å². The highest BCUT2D eigenvalue weighted by molar-refractivity contribution is 5.61. The van der Waals surface area contributed by atoms with Gasteiger partial charge in [0, 0.05) is 19.7 Å². The number of nitrogens with zero attached hydrogens (tertiary/aromatic N) is 3. The monoisotopic (exact) mass is 239 g/mol. The lowest BCUT2D eigenvalue weighted by atomic mass is 10.2. The molecule has 17 heavy (non-hydrogen) atoms. The van der Waals surface area contributed by atoms with E-state index < -0.39 is 4.92 Å². The van der Waals surface area contributed by atoms with Crippen molar-refractivity contribution in [3.05, 3.63) is 22.2 Å². The highest BCUT2D eigenvalue weighted by Crippen LogP contribution is 2.26. The Bertz CT molecular complexity index is 408. The van der Waals surface area contributed by atoms with Crippen molar-refractivity contribution in [2.75, 3.05) is 23.9 Å². The molecule has 0 aliphatic heterocycles. The molecule has 0 saturated carbocycles. The minimum absolute atomic E-state index is 0.0212. The summed E-state index contributed by atoms with van der Waals surface area (Å²) in [6, 6.07) is 2.87. The van der Waals surface area contributed by atoms with Crippen LogP contribution < -0.4 is 16.2 Å². The van der Waals surface area contributed by atoms with Crippen LogP contribution in [0.1, 0.15) is 13.8 Å². The van der Waals surface area contributed by atoms with Crippen LogP contribution in [-0.2, 0) is 0 Å². The van der Waals surface area contributed by atoms with Crippen molar-refractivity contribution in [1.82, 2.24) is 4.98 Å². The van der Waals surface area contributed by atoms with Crippen LogP contribution in [0.25, 0.3) is 0 Å². The first-order valence-electron chi connectivity index (χ1n) is 5.29. The molecule has 0 aromatic carbocycles. The smallest absolute Gasteiger partial charge is 0.311 e. The van der Waals surface area contributed by atoms with Gasteiger partial charge in [0.05, 0.1) is 4.92 Å². The first-order valence-corrected chi connectivity index (χ1v) is 5.29. The molecule has 3 N–H and O–H groups in total. The number of nitrogens with two attached hydrogens (primary N) is 1. The number of nitrogen functional groups attached to an aromatic ring is 1. The summed E-state index contributed by atoms with van der Waals surface area (Å²) >= 11 is 0. The van der Waals surface area contributed by atoms with E-state index in [0.29, 0.717) is 24.1 Å². The molecule has 94 valence electrons. The molecule has 1 heterocycles. The van der Waals surface area contributed by atoms with Crippen molar-refractivity contribution >= 4 is 17.3 Å². The Morgan fingerprint density at radius 3 is 2.71 bits per heavy atom. The standard InChI is InChI=1S/C10H17N5O2/c1-7(2)6-14(3)10-8(15(16)17)4-5-9(12-10)13-11/h4-5,7H,6,11H2,1-3H3,(H,12,13). The molecular formula is C10H17N5O2. The Morgan fingerprint density at radius 2 is 2.24 bits per heavy atom. The van der Waals surface area contributed by atoms with E-state index in [0.717, 1.165) is 0 Å². The van der Waals surface area contributed by atoms with Crippen LogP contribution in [-0.4, -0.2) is 23.5 Å². The van der Waals surface area contributed by atoms with Crippen LogP contribution in [0, 0.1) is 16.0 Å². The van der Waals surface area contributed by atoms with Crippen molar-refractivity contribution in [3.8, 4) is 0 Å². The van der Waals surface area contributed by atoms with E-state index >= 15 is 0 Å². The lowest BCUT2D eigenvalue weighted by Gasteiger charge is -2.20. The second-order valence-electron chi connectivity index (χ2n) is 4.22. The summed E-state index contributed by atoms with van der Waals surface area (Å²) in [5.74, 6) is 6.35. The second-order valence-corrected chi connectivity index (χ2v) is 4.22. The summed E-state index contributed by atoms with van der Waals surface area (Å²) in [5, 5.41) is 10.9. The number of rotatable bonds is 5. The third-order valence-electron chi connectivity index (χ3n) is 2.20. The summed E-state index contributed by atoms with van der Waals surface area (Å²) in [5.41, 5.74) is 2.36. The van der Waals surface area contributed by atoms with Crippen molar-refractivity contribution in [1.29, 1.82) is 0 Å². The molecule has 0 atom stereocenters. The Balaban J connectivity index is 3.12. The quantitative estimate of drug-likeness (QED) is 0.457. The Kier molecular flexibility index (Phi) is 4.22. The predicted octanol–water partition coefficient (Wildman–Crippen LogP) is 1.37. The van der Waals surface area contributed by atoms with Gasteiger partial charge in [-0.3, -0.25) is 10.1 Å². The van der Waals surface area contributed by atoms with Crippen LogP contribution in [0.4, 0.5) is 17.3 Å². The fourth-order valence-electron chi connectivity index (χ4n) is 1.58. The van der Waals surface area contributed by atoms with E-state index in [9.17, 15) is 10.1 Å². The maximum atomic E-state index is 10.9. The van der Waals surface area contributed by atoms with Gasteiger partial charge in [0.15, 0.2) is 0 Å². The zero-order valence-electron chi connectivity index (χ0n) is 10.2. The third-order valence-corrected chi connectivity index (χ3v) is 2.20. The molecule has 1 rings (SSSR count). The Hall–Kier alpha value is -1.89. The molecule has 0 aliphatic carbocycles. The van der Waals surface area contributed by atoms with E-state index in [-0.39, 0.29) is 5.69 Å². The van der Waals surface area contributed by atoms with Gasteiger partial charge in [-0.25, -0.2) is 10.8 Å².